The molecule has 5 rings (SSSR count). The third kappa shape index (κ3) is 4.13. The van der Waals surface area contributed by atoms with Crippen LogP contribution in [0.25, 0.3) is 10.8 Å². The molecule has 2 unspecified atom stereocenters. The highest BCUT2D eigenvalue weighted by atomic mass is 32.2. The first-order valence-corrected chi connectivity index (χ1v) is 12.8. The zero-order valence-corrected chi connectivity index (χ0v) is 19.9. The van der Waals surface area contributed by atoms with Crippen LogP contribution < -0.4 is 4.90 Å². The number of hydrogen-bond acceptors (Lipinski definition) is 4. The fourth-order valence-corrected chi connectivity index (χ4v) is 6.43. The third-order valence-electron chi connectivity index (χ3n) is 6.40. The minimum absolute atomic E-state index is 0.0809. The number of carbonyl (C=O) groups excluding carboxylic acids is 2. The maximum Gasteiger partial charge on any atom is 0.252 e. The summed E-state index contributed by atoms with van der Waals surface area (Å²) in [6, 6.07) is 28.3. The minimum Gasteiger partial charge on any atom is -0.274 e. The largest absolute Gasteiger partial charge is 0.274 e. The summed E-state index contributed by atoms with van der Waals surface area (Å²) in [5, 5.41) is 1.69. The van der Waals surface area contributed by atoms with Crippen molar-refractivity contribution in [3.63, 3.8) is 0 Å². The van der Waals surface area contributed by atoms with E-state index in [0.717, 1.165) is 21.2 Å². The smallest absolute Gasteiger partial charge is 0.252 e. The number of anilines is 1. The van der Waals surface area contributed by atoms with Gasteiger partial charge in [-0.3, -0.25) is 9.59 Å². The molecule has 1 aliphatic rings. The molecule has 0 N–H and O–H groups in total. The molecule has 2 atom stereocenters. The quantitative estimate of drug-likeness (QED) is 0.364. The van der Waals surface area contributed by atoms with E-state index in [9.17, 15) is 18.0 Å². The van der Waals surface area contributed by atoms with Gasteiger partial charge in [-0.1, -0.05) is 78.9 Å². The van der Waals surface area contributed by atoms with Gasteiger partial charge in [0.05, 0.1) is 17.0 Å². The number of fused-ring (bicyclic) bond motifs is 1. The summed E-state index contributed by atoms with van der Waals surface area (Å²) in [5.41, 5.74) is 1.16. The second kappa shape index (κ2) is 9.09. The van der Waals surface area contributed by atoms with Crippen LogP contribution in [0, 0.1) is 0 Å². The summed E-state index contributed by atoms with van der Waals surface area (Å²) >= 11 is 0. The molecule has 4 aromatic carbocycles. The van der Waals surface area contributed by atoms with Gasteiger partial charge in [-0.2, -0.15) is 4.31 Å². The number of imide groups is 1. The number of benzene rings is 4. The highest BCUT2D eigenvalue weighted by molar-refractivity contribution is 7.89. The van der Waals surface area contributed by atoms with E-state index in [2.05, 4.69) is 0 Å². The maximum atomic E-state index is 14.1. The summed E-state index contributed by atoms with van der Waals surface area (Å²) < 4.78 is 29.4. The van der Waals surface area contributed by atoms with Crippen LogP contribution in [0.2, 0.25) is 0 Å². The topological polar surface area (TPSA) is 74.8 Å². The van der Waals surface area contributed by atoms with Crippen molar-refractivity contribution >= 4 is 38.3 Å². The van der Waals surface area contributed by atoms with Gasteiger partial charge in [-0.05, 0) is 47.5 Å². The van der Waals surface area contributed by atoms with Crippen LogP contribution >= 0.6 is 0 Å². The molecule has 0 aliphatic carbocycles. The SMILES string of the molecule is CC(c1ccccc1)N(C1CC(=O)N(c2ccccc2)C1=O)S(=O)(=O)c1ccc2ccccc2c1. The number of nitrogens with zero attached hydrogens (tertiary/aromatic N) is 2. The highest BCUT2D eigenvalue weighted by Crippen LogP contribution is 2.36. The molecule has 0 spiro atoms. The van der Waals surface area contributed by atoms with E-state index in [1.165, 1.54) is 4.31 Å². The number of amides is 2. The van der Waals surface area contributed by atoms with Gasteiger partial charge in [0.1, 0.15) is 6.04 Å². The monoisotopic (exact) mass is 484 g/mol. The van der Waals surface area contributed by atoms with Crippen molar-refractivity contribution in [3.8, 4) is 0 Å². The zero-order chi connectivity index (χ0) is 24.6. The maximum absolute atomic E-state index is 14.1. The normalized spacial score (nSPS) is 17.3. The first kappa shape index (κ1) is 23.0. The standard InChI is InChI=1S/C28H24N2O4S/c1-20(21-10-4-2-5-11-21)30(26-19-27(31)29(28(26)32)24-14-6-3-7-15-24)35(33,34)25-17-16-22-12-8-9-13-23(22)18-25/h2-18,20,26H,19H2,1H3. The molecule has 0 aromatic heterocycles. The Morgan fingerprint density at radius 2 is 1.40 bits per heavy atom. The van der Waals surface area contributed by atoms with E-state index >= 15 is 0 Å². The lowest BCUT2D eigenvalue weighted by Gasteiger charge is -2.32. The summed E-state index contributed by atoms with van der Waals surface area (Å²) in [5.74, 6) is -0.974. The van der Waals surface area contributed by atoms with Crippen LogP contribution in [0.5, 0.6) is 0 Å². The van der Waals surface area contributed by atoms with Gasteiger partial charge in [0.2, 0.25) is 15.9 Å². The van der Waals surface area contributed by atoms with E-state index < -0.39 is 33.9 Å². The first-order chi connectivity index (χ1) is 16.9. The van der Waals surface area contributed by atoms with E-state index in [1.807, 2.05) is 54.6 Å². The van der Waals surface area contributed by atoms with Crippen molar-refractivity contribution in [2.24, 2.45) is 0 Å². The molecular formula is C28H24N2O4S. The molecule has 1 heterocycles. The average molecular weight is 485 g/mol. The summed E-state index contributed by atoms with van der Waals surface area (Å²) in [7, 11) is -4.15. The molecule has 1 aliphatic heterocycles. The third-order valence-corrected chi connectivity index (χ3v) is 8.38. The van der Waals surface area contributed by atoms with Crippen LogP contribution in [0.3, 0.4) is 0 Å². The van der Waals surface area contributed by atoms with Crippen molar-refractivity contribution in [1.29, 1.82) is 0 Å². The first-order valence-electron chi connectivity index (χ1n) is 11.4. The number of para-hydroxylation sites is 1. The lowest BCUT2D eigenvalue weighted by atomic mass is 10.1. The predicted molar refractivity (Wildman–Crippen MR) is 135 cm³/mol. The molecule has 0 bridgehead atoms. The molecule has 7 heteroatoms. The van der Waals surface area contributed by atoms with E-state index in [-0.39, 0.29) is 11.3 Å². The fraction of sp³-hybridized carbons (Fsp3) is 0.143. The summed E-state index contributed by atoms with van der Waals surface area (Å²) in [4.78, 5) is 27.7. The molecular weight excluding hydrogens is 460 g/mol. The Morgan fingerprint density at radius 3 is 2.09 bits per heavy atom. The highest BCUT2D eigenvalue weighted by Gasteiger charge is 2.48. The number of hydrogen-bond donors (Lipinski definition) is 0. The Kier molecular flexibility index (Phi) is 5.96. The van der Waals surface area contributed by atoms with Crippen LogP contribution in [-0.2, 0) is 19.6 Å². The lowest BCUT2D eigenvalue weighted by molar-refractivity contribution is -0.122. The Bertz CT molecular complexity index is 1500. The Balaban J connectivity index is 1.62. The molecule has 2 amide bonds. The van der Waals surface area contributed by atoms with Crippen molar-refractivity contribution in [2.45, 2.75) is 30.3 Å². The van der Waals surface area contributed by atoms with Gasteiger partial charge >= 0.3 is 0 Å². The molecule has 4 aromatic rings. The van der Waals surface area contributed by atoms with Crippen molar-refractivity contribution in [1.82, 2.24) is 4.31 Å². The fourth-order valence-electron chi connectivity index (χ4n) is 4.64. The van der Waals surface area contributed by atoms with Gasteiger partial charge in [0.15, 0.2) is 0 Å². The van der Waals surface area contributed by atoms with Crippen LogP contribution in [-0.4, -0.2) is 30.6 Å². The number of rotatable bonds is 6. The van der Waals surface area contributed by atoms with E-state index in [1.54, 1.807) is 55.5 Å². The van der Waals surface area contributed by atoms with Gasteiger partial charge < -0.3 is 0 Å². The van der Waals surface area contributed by atoms with Gasteiger partial charge in [0, 0.05) is 6.04 Å². The molecule has 0 radical (unpaired) electrons. The second-order valence-corrected chi connectivity index (χ2v) is 10.4. The van der Waals surface area contributed by atoms with Crippen LogP contribution in [0.15, 0.2) is 108 Å². The average Bonchev–Trinajstić information content (AvgIpc) is 3.17. The van der Waals surface area contributed by atoms with E-state index in [0.29, 0.717) is 5.69 Å². The van der Waals surface area contributed by atoms with Gasteiger partial charge in [-0.25, -0.2) is 13.3 Å². The second-order valence-electron chi connectivity index (χ2n) is 8.55. The Morgan fingerprint density at radius 1 is 0.800 bits per heavy atom. The minimum atomic E-state index is -4.15. The number of sulfonamides is 1. The summed E-state index contributed by atoms with van der Waals surface area (Å²) in [6.07, 6.45) is -0.224. The zero-order valence-electron chi connectivity index (χ0n) is 19.1. The van der Waals surface area contributed by atoms with E-state index in [4.69, 9.17) is 0 Å². The predicted octanol–water partition coefficient (Wildman–Crippen LogP) is 4.92. The molecule has 1 fully saturated rings. The van der Waals surface area contributed by atoms with Crippen LogP contribution in [0.1, 0.15) is 24.9 Å². The Hall–Kier alpha value is -3.81. The molecule has 176 valence electrons. The van der Waals surface area contributed by atoms with Gasteiger partial charge in [-0.15, -0.1) is 0 Å². The Labute approximate surface area is 204 Å². The molecule has 6 nitrogen and oxygen atoms in total. The van der Waals surface area contributed by atoms with Crippen molar-refractivity contribution < 1.29 is 18.0 Å². The van der Waals surface area contributed by atoms with Gasteiger partial charge in [0.25, 0.3) is 5.91 Å². The lowest BCUT2D eigenvalue weighted by Crippen LogP contribution is -2.46. The van der Waals surface area contributed by atoms with Crippen molar-refractivity contribution in [2.75, 3.05) is 4.90 Å². The molecule has 35 heavy (non-hydrogen) atoms. The van der Waals surface area contributed by atoms with Crippen LogP contribution in [0.4, 0.5) is 5.69 Å². The molecule has 0 saturated carbocycles. The summed E-state index contributed by atoms with van der Waals surface area (Å²) in [6.45, 7) is 1.75. The van der Waals surface area contributed by atoms with Crippen molar-refractivity contribution in [3.05, 3.63) is 109 Å². The number of carbonyl (C=O) groups is 2. The molecule has 1 saturated heterocycles.